The van der Waals surface area contributed by atoms with Gasteiger partial charge in [-0.15, -0.1) is 0 Å². The van der Waals surface area contributed by atoms with E-state index < -0.39 is 0 Å². The highest BCUT2D eigenvalue weighted by Crippen LogP contribution is 2.28. The lowest BCUT2D eigenvalue weighted by Gasteiger charge is -2.07. The number of nitrogens with zero attached hydrogens (tertiary/aromatic N) is 1. The van der Waals surface area contributed by atoms with E-state index in [0.29, 0.717) is 23.4 Å². The van der Waals surface area contributed by atoms with E-state index >= 15 is 0 Å². The standard InChI is InChI=1S/C20H19NO3/c1-3-24-18(22)13-17-19(20(23)14-9-5-4-6-10-14)15-11-7-8-12-16(15)21(17)2/h4-12H,3,13H2,1-2H3. The number of para-hydroxylation sites is 1. The van der Waals surface area contributed by atoms with E-state index in [1.165, 1.54) is 0 Å². The quantitative estimate of drug-likeness (QED) is 0.534. The van der Waals surface area contributed by atoms with Gasteiger partial charge < -0.3 is 9.30 Å². The lowest BCUT2D eigenvalue weighted by Crippen LogP contribution is -2.14. The maximum atomic E-state index is 13.1. The molecule has 3 aromatic rings. The second kappa shape index (κ2) is 6.71. The van der Waals surface area contributed by atoms with E-state index in [-0.39, 0.29) is 18.2 Å². The number of benzene rings is 2. The summed E-state index contributed by atoms with van der Waals surface area (Å²) in [6.07, 6.45) is 0.0763. The van der Waals surface area contributed by atoms with Crippen LogP contribution in [0.3, 0.4) is 0 Å². The van der Waals surface area contributed by atoms with Crippen molar-refractivity contribution in [3.8, 4) is 0 Å². The zero-order valence-electron chi connectivity index (χ0n) is 13.8. The van der Waals surface area contributed by atoms with Gasteiger partial charge in [0.25, 0.3) is 0 Å². The molecule has 2 aromatic carbocycles. The molecule has 0 bridgehead atoms. The molecule has 1 heterocycles. The molecular weight excluding hydrogens is 302 g/mol. The first-order valence-electron chi connectivity index (χ1n) is 7.95. The zero-order chi connectivity index (χ0) is 17.1. The lowest BCUT2D eigenvalue weighted by molar-refractivity contribution is -0.142. The van der Waals surface area contributed by atoms with Crippen LogP contribution in [0.1, 0.15) is 28.5 Å². The van der Waals surface area contributed by atoms with Crippen molar-refractivity contribution >= 4 is 22.7 Å². The van der Waals surface area contributed by atoms with Crippen LogP contribution in [-0.2, 0) is 23.0 Å². The van der Waals surface area contributed by atoms with E-state index in [1.54, 1.807) is 19.1 Å². The molecule has 1 aromatic heterocycles. The molecule has 0 atom stereocenters. The fourth-order valence-electron chi connectivity index (χ4n) is 2.99. The molecular formula is C20H19NO3. The number of esters is 1. The number of hydrogen-bond donors (Lipinski definition) is 0. The average molecular weight is 321 g/mol. The Hall–Kier alpha value is -2.88. The van der Waals surface area contributed by atoms with Crippen LogP contribution in [0.15, 0.2) is 54.6 Å². The molecule has 0 saturated carbocycles. The van der Waals surface area contributed by atoms with Gasteiger partial charge in [0, 0.05) is 29.2 Å². The van der Waals surface area contributed by atoms with Gasteiger partial charge in [0.15, 0.2) is 5.78 Å². The third-order valence-corrected chi connectivity index (χ3v) is 4.11. The molecule has 0 saturated heterocycles. The van der Waals surface area contributed by atoms with Gasteiger partial charge in [-0.2, -0.15) is 0 Å². The third kappa shape index (κ3) is 2.83. The molecule has 4 heteroatoms. The molecule has 0 spiro atoms. The lowest BCUT2D eigenvalue weighted by atomic mass is 9.99. The SMILES string of the molecule is CCOC(=O)Cc1c(C(=O)c2ccccc2)c2ccccc2n1C. The third-order valence-electron chi connectivity index (χ3n) is 4.11. The van der Waals surface area contributed by atoms with E-state index in [1.807, 2.05) is 54.1 Å². The monoisotopic (exact) mass is 321 g/mol. The minimum absolute atomic E-state index is 0.0763. The Kier molecular flexibility index (Phi) is 4.47. The van der Waals surface area contributed by atoms with Crippen LogP contribution >= 0.6 is 0 Å². The van der Waals surface area contributed by atoms with Crippen molar-refractivity contribution in [2.45, 2.75) is 13.3 Å². The summed E-state index contributed by atoms with van der Waals surface area (Å²) in [5.74, 6) is -0.405. The van der Waals surface area contributed by atoms with E-state index in [0.717, 1.165) is 10.9 Å². The van der Waals surface area contributed by atoms with Crippen molar-refractivity contribution < 1.29 is 14.3 Å². The van der Waals surface area contributed by atoms with Crippen molar-refractivity contribution in [1.29, 1.82) is 0 Å². The molecule has 4 nitrogen and oxygen atoms in total. The molecule has 0 radical (unpaired) electrons. The summed E-state index contributed by atoms with van der Waals surface area (Å²) in [4.78, 5) is 25.1. The Labute approximate surface area is 140 Å². The van der Waals surface area contributed by atoms with Gasteiger partial charge in [-0.3, -0.25) is 9.59 Å². The van der Waals surface area contributed by atoms with Gasteiger partial charge in [0.1, 0.15) is 0 Å². The Balaban J connectivity index is 2.17. The number of ketones is 1. The number of aryl methyl sites for hydroxylation is 1. The van der Waals surface area contributed by atoms with Gasteiger partial charge in [-0.25, -0.2) is 0 Å². The van der Waals surface area contributed by atoms with Gasteiger partial charge >= 0.3 is 5.97 Å². The van der Waals surface area contributed by atoms with Crippen LogP contribution < -0.4 is 0 Å². The largest absolute Gasteiger partial charge is 0.466 e. The van der Waals surface area contributed by atoms with Crippen LogP contribution in [-0.4, -0.2) is 22.9 Å². The van der Waals surface area contributed by atoms with Gasteiger partial charge in [0.2, 0.25) is 0 Å². The molecule has 0 fully saturated rings. The summed E-state index contributed by atoms with van der Waals surface area (Å²) in [6, 6.07) is 16.8. The molecule has 122 valence electrons. The smallest absolute Gasteiger partial charge is 0.311 e. The normalized spacial score (nSPS) is 10.8. The fourth-order valence-corrected chi connectivity index (χ4v) is 2.99. The van der Waals surface area contributed by atoms with Crippen molar-refractivity contribution in [1.82, 2.24) is 4.57 Å². The Morgan fingerprint density at radius 2 is 1.67 bits per heavy atom. The second-order valence-electron chi connectivity index (χ2n) is 5.57. The van der Waals surface area contributed by atoms with Crippen molar-refractivity contribution in [3.63, 3.8) is 0 Å². The molecule has 24 heavy (non-hydrogen) atoms. The molecule has 0 aliphatic heterocycles. The number of carbonyl (C=O) groups is 2. The maximum Gasteiger partial charge on any atom is 0.311 e. The highest BCUT2D eigenvalue weighted by molar-refractivity contribution is 6.18. The number of fused-ring (bicyclic) bond motifs is 1. The van der Waals surface area contributed by atoms with E-state index in [4.69, 9.17) is 4.74 Å². The number of hydrogen-bond acceptors (Lipinski definition) is 3. The molecule has 0 aliphatic rings. The highest BCUT2D eigenvalue weighted by Gasteiger charge is 2.23. The Morgan fingerprint density at radius 3 is 2.38 bits per heavy atom. The van der Waals surface area contributed by atoms with Gasteiger partial charge in [0.05, 0.1) is 18.6 Å². The predicted octanol–water partition coefficient (Wildman–Crippen LogP) is 3.51. The Bertz CT molecular complexity index is 894. The average Bonchev–Trinajstić information content (AvgIpc) is 2.88. The molecule has 0 amide bonds. The van der Waals surface area contributed by atoms with Crippen molar-refractivity contribution in [3.05, 3.63) is 71.4 Å². The fraction of sp³-hybridized carbons (Fsp3) is 0.200. The second-order valence-corrected chi connectivity index (χ2v) is 5.57. The molecule has 0 N–H and O–H groups in total. The summed E-state index contributed by atoms with van der Waals surface area (Å²) in [7, 11) is 1.87. The molecule has 0 unspecified atom stereocenters. The summed E-state index contributed by atoms with van der Waals surface area (Å²) >= 11 is 0. The first kappa shape index (κ1) is 16.0. The van der Waals surface area contributed by atoms with E-state index in [9.17, 15) is 9.59 Å². The van der Waals surface area contributed by atoms with Crippen molar-refractivity contribution in [2.24, 2.45) is 7.05 Å². The van der Waals surface area contributed by atoms with Crippen LogP contribution in [0.5, 0.6) is 0 Å². The van der Waals surface area contributed by atoms with Gasteiger partial charge in [-0.05, 0) is 13.0 Å². The molecule has 3 rings (SSSR count). The predicted molar refractivity (Wildman–Crippen MR) is 93.1 cm³/mol. The number of rotatable bonds is 5. The first-order chi connectivity index (χ1) is 11.6. The number of carbonyl (C=O) groups excluding carboxylic acids is 2. The van der Waals surface area contributed by atoms with Crippen LogP contribution in [0, 0.1) is 0 Å². The molecule has 0 aliphatic carbocycles. The number of ether oxygens (including phenoxy) is 1. The zero-order valence-corrected chi connectivity index (χ0v) is 13.8. The van der Waals surface area contributed by atoms with Crippen LogP contribution in [0.2, 0.25) is 0 Å². The minimum Gasteiger partial charge on any atom is -0.466 e. The highest BCUT2D eigenvalue weighted by atomic mass is 16.5. The first-order valence-corrected chi connectivity index (χ1v) is 7.95. The summed E-state index contributed by atoms with van der Waals surface area (Å²) in [5, 5.41) is 0.855. The number of aromatic nitrogens is 1. The maximum absolute atomic E-state index is 13.1. The van der Waals surface area contributed by atoms with E-state index in [2.05, 4.69) is 0 Å². The van der Waals surface area contributed by atoms with Crippen LogP contribution in [0.4, 0.5) is 0 Å². The minimum atomic E-state index is -0.328. The summed E-state index contributed by atoms with van der Waals surface area (Å²) < 4.78 is 6.98. The van der Waals surface area contributed by atoms with Crippen LogP contribution in [0.25, 0.3) is 10.9 Å². The topological polar surface area (TPSA) is 48.3 Å². The summed E-state index contributed by atoms with van der Waals surface area (Å²) in [5.41, 5.74) is 2.80. The van der Waals surface area contributed by atoms with Gasteiger partial charge in [-0.1, -0.05) is 48.5 Å². The van der Waals surface area contributed by atoms with Crippen molar-refractivity contribution in [2.75, 3.05) is 6.61 Å². The Morgan fingerprint density at radius 1 is 1.00 bits per heavy atom. The summed E-state index contributed by atoms with van der Waals surface area (Å²) in [6.45, 7) is 2.10.